The Morgan fingerprint density at radius 2 is 1.70 bits per heavy atom. The molecule has 2 aliphatic carbocycles. The molecule has 4 rings (SSSR count). The van der Waals surface area contributed by atoms with Crippen LogP contribution in [0.5, 0.6) is 0 Å². The van der Waals surface area contributed by atoms with Crippen LogP contribution in [-0.2, 0) is 6.18 Å². The fourth-order valence-corrected chi connectivity index (χ4v) is 6.02. The Bertz CT molecular complexity index is 901. The van der Waals surface area contributed by atoms with Crippen LogP contribution < -0.4 is 0 Å². The first kappa shape index (κ1) is 21.6. The third-order valence-electron chi connectivity index (χ3n) is 7.50. The van der Waals surface area contributed by atoms with Crippen LogP contribution in [0.25, 0.3) is 10.8 Å². The molecule has 0 spiro atoms. The summed E-state index contributed by atoms with van der Waals surface area (Å²) in [6.45, 7) is 2.20. The van der Waals surface area contributed by atoms with Gasteiger partial charge in [-0.2, -0.15) is 13.2 Å². The molecule has 0 aliphatic heterocycles. The first-order chi connectivity index (χ1) is 14.3. The Morgan fingerprint density at radius 3 is 2.43 bits per heavy atom. The molecule has 2 aromatic rings. The number of unbranched alkanes of at least 4 members (excludes halogenated alkanes) is 1. The van der Waals surface area contributed by atoms with E-state index in [-0.39, 0.29) is 16.9 Å². The molecular weight excluding hydrogens is 395 g/mol. The number of benzene rings is 2. The lowest BCUT2D eigenvalue weighted by molar-refractivity contribution is -0.140. The summed E-state index contributed by atoms with van der Waals surface area (Å²) in [5.41, 5.74) is -1.25. The number of hydrogen-bond donors (Lipinski definition) is 0. The summed E-state index contributed by atoms with van der Waals surface area (Å²) in [5, 5.41) is -0.348. The second kappa shape index (κ2) is 8.47. The zero-order valence-corrected chi connectivity index (χ0v) is 17.4. The molecule has 2 aromatic carbocycles. The highest BCUT2D eigenvalue weighted by Crippen LogP contribution is 2.51. The summed E-state index contributed by atoms with van der Waals surface area (Å²) in [6.07, 6.45) is 4.46. The first-order valence-electron chi connectivity index (χ1n) is 11.3. The van der Waals surface area contributed by atoms with E-state index in [1.807, 2.05) is 0 Å². The Morgan fingerprint density at radius 1 is 0.967 bits per heavy atom. The van der Waals surface area contributed by atoms with E-state index >= 15 is 0 Å². The molecule has 5 heteroatoms. The molecule has 30 heavy (non-hydrogen) atoms. The lowest BCUT2D eigenvalue weighted by Crippen LogP contribution is -2.31. The zero-order chi connectivity index (χ0) is 21.5. The van der Waals surface area contributed by atoms with Gasteiger partial charge in [-0.3, -0.25) is 0 Å². The van der Waals surface area contributed by atoms with Gasteiger partial charge in [0.2, 0.25) is 0 Å². The topological polar surface area (TPSA) is 0 Å². The van der Waals surface area contributed by atoms with Crippen LogP contribution in [0.2, 0.25) is 0 Å². The normalized spacial score (nSPS) is 27.3. The molecule has 2 aliphatic rings. The molecule has 4 atom stereocenters. The summed E-state index contributed by atoms with van der Waals surface area (Å²) < 4.78 is 70.7. The van der Waals surface area contributed by atoms with E-state index in [4.69, 9.17) is 0 Å². The molecular formula is C25H29F5. The van der Waals surface area contributed by atoms with Gasteiger partial charge in [-0.1, -0.05) is 44.7 Å². The van der Waals surface area contributed by atoms with Gasteiger partial charge >= 0.3 is 6.18 Å². The molecule has 0 radical (unpaired) electrons. The average molecular weight is 424 g/mol. The molecule has 0 amide bonds. The fraction of sp³-hybridized carbons (Fsp3) is 0.600. The monoisotopic (exact) mass is 424 g/mol. The van der Waals surface area contributed by atoms with Crippen molar-refractivity contribution < 1.29 is 22.0 Å². The number of halogens is 5. The summed E-state index contributed by atoms with van der Waals surface area (Å²) in [6, 6.07) is 5.31. The van der Waals surface area contributed by atoms with Crippen molar-refractivity contribution in [2.45, 2.75) is 76.8 Å². The summed E-state index contributed by atoms with van der Waals surface area (Å²) in [5.74, 6) is -0.996. The number of fused-ring (bicyclic) bond motifs is 2. The lowest BCUT2D eigenvalue weighted by atomic mass is 9.63. The molecule has 2 saturated carbocycles. The third-order valence-corrected chi connectivity index (χ3v) is 7.50. The molecule has 164 valence electrons. The van der Waals surface area contributed by atoms with Crippen molar-refractivity contribution in [1.82, 2.24) is 0 Å². The first-order valence-corrected chi connectivity index (χ1v) is 11.3. The third kappa shape index (κ3) is 4.09. The van der Waals surface area contributed by atoms with Crippen molar-refractivity contribution in [2.75, 3.05) is 0 Å². The second-order valence-electron chi connectivity index (χ2n) is 9.34. The SMILES string of the molecule is CCCCC1CCC2CC(c3cc4cccc(F)c4c(F)c3C(F)(F)F)CCC2C1. The van der Waals surface area contributed by atoms with Gasteiger partial charge < -0.3 is 0 Å². The average Bonchev–Trinajstić information content (AvgIpc) is 2.70. The van der Waals surface area contributed by atoms with Gasteiger partial charge in [0.1, 0.15) is 11.6 Å². The van der Waals surface area contributed by atoms with Crippen LogP contribution in [-0.4, -0.2) is 0 Å². The second-order valence-corrected chi connectivity index (χ2v) is 9.34. The summed E-state index contributed by atoms with van der Waals surface area (Å²) >= 11 is 0. The molecule has 0 nitrogen and oxygen atoms in total. The lowest BCUT2D eigenvalue weighted by Gasteiger charge is -2.43. The van der Waals surface area contributed by atoms with E-state index < -0.39 is 28.8 Å². The van der Waals surface area contributed by atoms with Crippen molar-refractivity contribution >= 4 is 10.8 Å². The van der Waals surface area contributed by atoms with E-state index in [0.717, 1.165) is 31.2 Å². The van der Waals surface area contributed by atoms with E-state index in [9.17, 15) is 22.0 Å². The predicted octanol–water partition coefficient (Wildman–Crippen LogP) is 8.63. The Kier molecular flexibility index (Phi) is 6.09. The van der Waals surface area contributed by atoms with Crippen molar-refractivity contribution in [1.29, 1.82) is 0 Å². The minimum atomic E-state index is -4.84. The van der Waals surface area contributed by atoms with Gasteiger partial charge in [0, 0.05) is 0 Å². The molecule has 0 heterocycles. The van der Waals surface area contributed by atoms with Crippen LogP contribution in [0, 0.1) is 29.4 Å². The molecule has 0 saturated heterocycles. The van der Waals surface area contributed by atoms with Gasteiger partial charge in [0.25, 0.3) is 0 Å². The summed E-state index contributed by atoms with van der Waals surface area (Å²) in [4.78, 5) is 0. The van der Waals surface area contributed by atoms with Gasteiger partial charge in [0.15, 0.2) is 0 Å². The van der Waals surface area contributed by atoms with Gasteiger partial charge in [-0.25, -0.2) is 8.78 Å². The maximum atomic E-state index is 15.0. The van der Waals surface area contributed by atoms with Crippen molar-refractivity contribution in [3.8, 4) is 0 Å². The van der Waals surface area contributed by atoms with Crippen LogP contribution in [0.1, 0.15) is 81.8 Å². The maximum absolute atomic E-state index is 15.0. The molecule has 2 fully saturated rings. The minimum absolute atomic E-state index is 0.0182. The van der Waals surface area contributed by atoms with Crippen molar-refractivity contribution in [2.24, 2.45) is 17.8 Å². The van der Waals surface area contributed by atoms with E-state index in [2.05, 4.69) is 6.92 Å². The zero-order valence-electron chi connectivity index (χ0n) is 17.4. The summed E-state index contributed by atoms with van der Waals surface area (Å²) in [7, 11) is 0. The standard InChI is InChI=1S/C25H29F5/c1-2-3-5-15-8-9-17-13-18(11-10-16(17)12-15)20-14-19-6-4-7-21(26)22(19)24(27)23(20)25(28,29)30/h4,6-7,14-18H,2-3,5,8-13H2,1H3. The van der Waals surface area contributed by atoms with Gasteiger partial charge in [-0.15, -0.1) is 0 Å². The predicted molar refractivity (Wildman–Crippen MR) is 109 cm³/mol. The number of alkyl halides is 3. The van der Waals surface area contributed by atoms with Crippen LogP contribution in [0.15, 0.2) is 24.3 Å². The van der Waals surface area contributed by atoms with E-state index in [1.165, 1.54) is 43.9 Å². The molecule has 0 aromatic heterocycles. The largest absolute Gasteiger partial charge is 0.419 e. The Balaban J connectivity index is 1.64. The number of rotatable bonds is 4. The smallest absolute Gasteiger partial charge is 0.206 e. The van der Waals surface area contributed by atoms with Crippen molar-refractivity contribution in [3.05, 3.63) is 47.0 Å². The molecule has 0 N–H and O–H groups in total. The highest BCUT2D eigenvalue weighted by molar-refractivity contribution is 5.86. The maximum Gasteiger partial charge on any atom is 0.419 e. The van der Waals surface area contributed by atoms with E-state index in [1.54, 1.807) is 0 Å². The van der Waals surface area contributed by atoms with Crippen LogP contribution in [0.4, 0.5) is 22.0 Å². The minimum Gasteiger partial charge on any atom is -0.206 e. The van der Waals surface area contributed by atoms with Gasteiger partial charge in [0.05, 0.1) is 10.9 Å². The molecule has 0 bridgehead atoms. The molecule has 4 unspecified atom stereocenters. The highest BCUT2D eigenvalue weighted by Gasteiger charge is 2.42. The van der Waals surface area contributed by atoms with Crippen molar-refractivity contribution in [3.63, 3.8) is 0 Å². The highest BCUT2D eigenvalue weighted by atomic mass is 19.4. The van der Waals surface area contributed by atoms with E-state index in [0.29, 0.717) is 24.7 Å². The Hall–Kier alpha value is -1.65. The quantitative estimate of drug-likeness (QED) is 0.431. The fourth-order valence-electron chi connectivity index (χ4n) is 6.02. The van der Waals surface area contributed by atoms with Gasteiger partial charge in [-0.05, 0) is 78.9 Å². The number of hydrogen-bond acceptors (Lipinski definition) is 0. The Labute approximate surface area is 174 Å². The van der Waals surface area contributed by atoms with Crippen LogP contribution in [0.3, 0.4) is 0 Å². The van der Waals surface area contributed by atoms with Crippen LogP contribution >= 0.6 is 0 Å².